The van der Waals surface area contributed by atoms with Gasteiger partial charge in [-0.25, -0.2) is 0 Å². The summed E-state index contributed by atoms with van der Waals surface area (Å²) in [5.41, 5.74) is 1.14. The molecule has 1 amide bonds. The summed E-state index contributed by atoms with van der Waals surface area (Å²) in [6.45, 7) is 0. The number of carboxylic acids is 1. The Kier molecular flexibility index (Phi) is 5.62. The van der Waals surface area contributed by atoms with Crippen molar-refractivity contribution in [1.82, 2.24) is 0 Å². The summed E-state index contributed by atoms with van der Waals surface area (Å²) >= 11 is 0. The molecule has 2 aromatic carbocycles. The Balaban J connectivity index is 1.97. The molecule has 0 aliphatic rings. The first-order valence-corrected chi connectivity index (χ1v) is 7.26. The number of carboxylic acid groups (broad SMARTS) is 1. The zero-order valence-corrected chi connectivity index (χ0v) is 12.7. The van der Waals surface area contributed by atoms with Gasteiger partial charge in [-0.05, 0) is 24.1 Å². The average Bonchev–Trinajstić information content (AvgIpc) is 2.55. The van der Waals surface area contributed by atoms with Gasteiger partial charge in [-0.2, -0.15) is 0 Å². The summed E-state index contributed by atoms with van der Waals surface area (Å²) in [6.07, 6.45) is 0.0745. The summed E-state index contributed by atoms with van der Waals surface area (Å²) in [5, 5.41) is 22.4. The second-order valence-electron chi connectivity index (χ2n) is 5.28. The lowest BCUT2D eigenvalue weighted by Gasteiger charge is -2.12. The third-order valence-electron chi connectivity index (χ3n) is 3.47. The van der Waals surface area contributed by atoms with Crippen molar-refractivity contribution in [1.29, 1.82) is 0 Å². The van der Waals surface area contributed by atoms with Gasteiger partial charge in [0.15, 0.2) is 0 Å². The van der Waals surface area contributed by atoms with Gasteiger partial charge >= 0.3 is 5.97 Å². The Bertz CT molecular complexity index is 728. The molecular formula is C17H16N2O5. The number of amides is 1. The molecule has 0 spiro atoms. The van der Waals surface area contributed by atoms with Crippen LogP contribution in [0, 0.1) is 16.0 Å². The molecule has 0 aliphatic carbocycles. The van der Waals surface area contributed by atoms with Crippen LogP contribution in [0.25, 0.3) is 0 Å². The number of nitro benzene ring substituents is 1. The van der Waals surface area contributed by atoms with E-state index in [1.165, 1.54) is 24.3 Å². The van der Waals surface area contributed by atoms with Crippen LogP contribution in [-0.2, 0) is 16.0 Å². The van der Waals surface area contributed by atoms with Crippen LogP contribution in [0.15, 0.2) is 54.6 Å². The third kappa shape index (κ3) is 4.91. The van der Waals surface area contributed by atoms with Gasteiger partial charge in [0.25, 0.3) is 5.69 Å². The number of carbonyl (C=O) groups is 2. The second kappa shape index (κ2) is 7.87. The number of benzene rings is 2. The zero-order valence-electron chi connectivity index (χ0n) is 12.7. The van der Waals surface area contributed by atoms with Crippen LogP contribution in [0.1, 0.15) is 12.0 Å². The Morgan fingerprint density at radius 3 is 2.25 bits per heavy atom. The maximum Gasteiger partial charge on any atom is 0.307 e. The van der Waals surface area contributed by atoms with E-state index in [4.69, 9.17) is 0 Å². The molecule has 2 rings (SSSR count). The third-order valence-corrected chi connectivity index (χ3v) is 3.47. The SMILES string of the molecule is O=C(CC(Cc1ccccc1)C(=O)O)Nc1ccc([N+](=O)[O-])cc1. The monoisotopic (exact) mass is 328 g/mol. The van der Waals surface area contributed by atoms with Crippen LogP contribution in [0.3, 0.4) is 0 Å². The molecule has 0 aliphatic heterocycles. The first kappa shape index (κ1) is 17.1. The molecule has 0 saturated heterocycles. The molecule has 0 radical (unpaired) electrons. The fourth-order valence-electron chi connectivity index (χ4n) is 2.25. The smallest absolute Gasteiger partial charge is 0.307 e. The first-order valence-electron chi connectivity index (χ1n) is 7.26. The van der Waals surface area contributed by atoms with Crippen LogP contribution in [0.4, 0.5) is 11.4 Å². The highest BCUT2D eigenvalue weighted by Gasteiger charge is 2.22. The fraction of sp³-hybridized carbons (Fsp3) is 0.176. The molecule has 2 aromatic rings. The molecular weight excluding hydrogens is 312 g/mol. The van der Waals surface area contributed by atoms with Crippen molar-refractivity contribution < 1.29 is 19.6 Å². The summed E-state index contributed by atoms with van der Waals surface area (Å²) in [7, 11) is 0. The van der Waals surface area contributed by atoms with Gasteiger partial charge in [-0.3, -0.25) is 19.7 Å². The number of nitro groups is 1. The Hall–Kier alpha value is -3.22. The minimum absolute atomic E-state index is 0.0829. The maximum absolute atomic E-state index is 12.0. The van der Waals surface area contributed by atoms with E-state index < -0.39 is 22.7 Å². The van der Waals surface area contributed by atoms with Crippen molar-refractivity contribution in [3.05, 3.63) is 70.3 Å². The maximum atomic E-state index is 12.0. The first-order chi connectivity index (χ1) is 11.5. The number of nitrogens with one attached hydrogen (secondary N) is 1. The van der Waals surface area contributed by atoms with E-state index in [0.717, 1.165) is 5.56 Å². The van der Waals surface area contributed by atoms with Crippen LogP contribution >= 0.6 is 0 Å². The number of aliphatic carboxylic acids is 1. The number of hydrogen-bond donors (Lipinski definition) is 2. The van der Waals surface area contributed by atoms with Gasteiger partial charge in [0.2, 0.25) is 5.91 Å². The van der Waals surface area contributed by atoms with E-state index >= 15 is 0 Å². The molecule has 24 heavy (non-hydrogen) atoms. The van der Waals surface area contributed by atoms with Gasteiger partial charge < -0.3 is 10.4 Å². The quantitative estimate of drug-likeness (QED) is 0.600. The van der Waals surface area contributed by atoms with Gasteiger partial charge in [0, 0.05) is 24.2 Å². The lowest BCUT2D eigenvalue weighted by Crippen LogP contribution is -2.24. The molecule has 0 bridgehead atoms. The van der Waals surface area contributed by atoms with E-state index in [1.54, 1.807) is 0 Å². The molecule has 7 heteroatoms. The lowest BCUT2D eigenvalue weighted by molar-refractivity contribution is -0.384. The minimum Gasteiger partial charge on any atom is -0.481 e. The number of nitrogens with zero attached hydrogens (tertiary/aromatic N) is 1. The summed E-state index contributed by atoms with van der Waals surface area (Å²) in [5.74, 6) is -2.34. The highest BCUT2D eigenvalue weighted by molar-refractivity contribution is 5.93. The lowest BCUT2D eigenvalue weighted by atomic mass is 9.96. The van der Waals surface area contributed by atoms with Gasteiger partial charge in [0.05, 0.1) is 10.8 Å². The van der Waals surface area contributed by atoms with E-state index in [-0.39, 0.29) is 18.5 Å². The number of hydrogen-bond acceptors (Lipinski definition) is 4. The van der Waals surface area contributed by atoms with Crippen molar-refractivity contribution in [2.75, 3.05) is 5.32 Å². The molecule has 2 N–H and O–H groups in total. The number of non-ortho nitro benzene ring substituents is 1. The fourth-order valence-corrected chi connectivity index (χ4v) is 2.25. The summed E-state index contributed by atoms with van der Waals surface area (Å²) in [6, 6.07) is 14.4. The molecule has 1 unspecified atom stereocenters. The zero-order chi connectivity index (χ0) is 17.5. The second-order valence-corrected chi connectivity index (χ2v) is 5.28. The molecule has 124 valence electrons. The normalized spacial score (nSPS) is 11.5. The van der Waals surface area contributed by atoms with Crippen LogP contribution in [-0.4, -0.2) is 21.9 Å². The highest BCUT2D eigenvalue weighted by atomic mass is 16.6. The van der Waals surface area contributed by atoms with E-state index in [2.05, 4.69) is 5.32 Å². The van der Waals surface area contributed by atoms with Gasteiger partial charge in [-0.15, -0.1) is 0 Å². The van der Waals surface area contributed by atoms with Crippen LogP contribution < -0.4 is 5.32 Å². The largest absolute Gasteiger partial charge is 0.481 e. The Morgan fingerprint density at radius 1 is 1.08 bits per heavy atom. The van der Waals surface area contributed by atoms with Gasteiger partial charge in [0.1, 0.15) is 0 Å². The van der Waals surface area contributed by atoms with Crippen LogP contribution in [0.5, 0.6) is 0 Å². The highest BCUT2D eigenvalue weighted by Crippen LogP contribution is 2.17. The minimum atomic E-state index is -1.04. The number of rotatable bonds is 7. The van der Waals surface area contributed by atoms with Crippen molar-refractivity contribution in [2.45, 2.75) is 12.8 Å². The van der Waals surface area contributed by atoms with Crippen molar-refractivity contribution in [2.24, 2.45) is 5.92 Å². The van der Waals surface area contributed by atoms with E-state index in [9.17, 15) is 24.8 Å². The summed E-state index contributed by atoms with van der Waals surface area (Å²) in [4.78, 5) is 33.4. The van der Waals surface area contributed by atoms with Crippen molar-refractivity contribution in [3.8, 4) is 0 Å². The standard InChI is InChI=1S/C17H16N2O5/c20-16(18-14-6-8-15(9-7-14)19(23)24)11-13(17(21)22)10-12-4-2-1-3-5-12/h1-9,13H,10-11H2,(H,18,20)(H,21,22). The topological polar surface area (TPSA) is 110 Å². The number of anilines is 1. The van der Waals surface area contributed by atoms with Crippen molar-refractivity contribution in [3.63, 3.8) is 0 Å². The van der Waals surface area contributed by atoms with Crippen LogP contribution in [0.2, 0.25) is 0 Å². The summed E-state index contributed by atoms with van der Waals surface area (Å²) < 4.78 is 0. The predicted molar refractivity (Wildman–Crippen MR) is 87.6 cm³/mol. The predicted octanol–water partition coefficient (Wildman–Crippen LogP) is 2.87. The Labute approximate surface area is 138 Å². The van der Waals surface area contributed by atoms with Crippen molar-refractivity contribution >= 4 is 23.3 Å². The molecule has 0 aromatic heterocycles. The molecule has 0 heterocycles. The molecule has 0 fully saturated rings. The molecule has 1 atom stereocenters. The van der Waals surface area contributed by atoms with Gasteiger partial charge in [-0.1, -0.05) is 30.3 Å². The molecule has 0 saturated carbocycles. The van der Waals surface area contributed by atoms with E-state index in [0.29, 0.717) is 5.69 Å². The number of carbonyl (C=O) groups excluding carboxylic acids is 1. The molecule has 7 nitrogen and oxygen atoms in total. The average molecular weight is 328 g/mol. The van der Waals surface area contributed by atoms with E-state index in [1.807, 2.05) is 30.3 Å². The Morgan fingerprint density at radius 2 is 1.71 bits per heavy atom.